The van der Waals surface area contributed by atoms with Crippen LogP contribution in [-0.2, 0) is 0 Å². The molecule has 2 heterocycles. The molecule has 1 N–H and O–H groups in total. The van der Waals surface area contributed by atoms with Gasteiger partial charge in [-0.15, -0.1) is 16.3 Å². The molecule has 0 aliphatic heterocycles. The number of hydrogen-bond acceptors (Lipinski definition) is 5. The molecule has 0 saturated carbocycles. The normalized spacial score (nSPS) is 10.3. The quantitative estimate of drug-likeness (QED) is 0.831. The Morgan fingerprint density at radius 3 is 2.87 bits per heavy atom. The number of H-pyrrole nitrogens is 1. The SMILES string of the molecule is COc1nc(-c2sccc2C)[nH]c(=O)n1. The minimum atomic E-state index is -0.454. The van der Waals surface area contributed by atoms with Crippen LogP contribution in [0.5, 0.6) is 6.01 Å². The van der Waals surface area contributed by atoms with Crippen molar-refractivity contribution in [3.05, 3.63) is 27.5 Å². The van der Waals surface area contributed by atoms with Crippen LogP contribution in [0.1, 0.15) is 5.56 Å². The van der Waals surface area contributed by atoms with Crippen molar-refractivity contribution < 1.29 is 4.74 Å². The summed E-state index contributed by atoms with van der Waals surface area (Å²) in [5, 5.41) is 1.94. The van der Waals surface area contributed by atoms with Crippen molar-refractivity contribution in [2.45, 2.75) is 6.92 Å². The monoisotopic (exact) mass is 223 g/mol. The molecule has 5 nitrogen and oxygen atoms in total. The molecule has 0 atom stereocenters. The molecule has 0 unspecified atom stereocenters. The second kappa shape index (κ2) is 3.82. The summed E-state index contributed by atoms with van der Waals surface area (Å²) in [5.41, 5.74) is 0.612. The van der Waals surface area contributed by atoms with Crippen molar-refractivity contribution in [2.75, 3.05) is 7.11 Å². The molecule has 6 heteroatoms. The molecule has 78 valence electrons. The Morgan fingerprint density at radius 1 is 1.47 bits per heavy atom. The minimum Gasteiger partial charge on any atom is -0.467 e. The van der Waals surface area contributed by atoms with Gasteiger partial charge in [-0.25, -0.2) is 4.79 Å². The number of methoxy groups -OCH3 is 1. The first-order valence-electron chi connectivity index (χ1n) is 4.27. The predicted molar refractivity (Wildman–Crippen MR) is 57.3 cm³/mol. The van der Waals surface area contributed by atoms with Gasteiger partial charge in [0.05, 0.1) is 12.0 Å². The van der Waals surface area contributed by atoms with Crippen molar-refractivity contribution in [3.8, 4) is 16.7 Å². The maximum absolute atomic E-state index is 11.2. The van der Waals surface area contributed by atoms with Crippen molar-refractivity contribution in [3.63, 3.8) is 0 Å². The molecule has 2 aromatic heterocycles. The molecule has 0 saturated heterocycles. The summed E-state index contributed by atoms with van der Waals surface area (Å²) >= 11 is 1.51. The third kappa shape index (κ3) is 1.89. The fourth-order valence-electron chi connectivity index (χ4n) is 1.18. The van der Waals surface area contributed by atoms with E-state index in [0.717, 1.165) is 10.4 Å². The number of thiophene rings is 1. The fraction of sp³-hybridized carbons (Fsp3) is 0.222. The van der Waals surface area contributed by atoms with E-state index < -0.39 is 5.69 Å². The number of aromatic nitrogens is 3. The van der Waals surface area contributed by atoms with Crippen LogP contribution in [0.3, 0.4) is 0 Å². The summed E-state index contributed by atoms with van der Waals surface area (Å²) < 4.78 is 4.84. The molecule has 0 spiro atoms. The van der Waals surface area contributed by atoms with Crippen molar-refractivity contribution in [2.24, 2.45) is 0 Å². The van der Waals surface area contributed by atoms with Gasteiger partial charge in [0.25, 0.3) is 0 Å². The van der Waals surface area contributed by atoms with Crippen molar-refractivity contribution >= 4 is 11.3 Å². The molecule has 0 bridgehead atoms. The highest BCUT2D eigenvalue weighted by Gasteiger charge is 2.08. The van der Waals surface area contributed by atoms with Crippen LogP contribution < -0.4 is 10.4 Å². The highest BCUT2D eigenvalue weighted by molar-refractivity contribution is 7.13. The number of aryl methyl sites for hydroxylation is 1. The molecular weight excluding hydrogens is 214 g/mol. The molecule has 15 heavy (non-hydrogen) atoms. The van der Waals surface area contributed by atoms with E-state index in [-0.39, 0.29) is 6.01 Å². The van der Waals surface area contributed by atoms with E-state index in [4.69, 9.17) is 4.74 Å². The molecule has 0 aromatic carbocycles. The summed E-state index contributed by atoms with van der Waals surface area (Å²) in [7, 11) is 1.43. The van der Waals surface area contributed by atoms with Crippen molar-refractivity contribution in [1.82, 2.24) is 15.0 Å². The van der Waals surface area contributed by atoms with Gasteiger partial charge >= 0.3 is 11.7 Å². The standard InChI is InChI=1S/C9H9N3O2S/c1-5-3-4-15-6(5)7-10-8(13)12-9(11-7)14-2/h3-4H,1-2H3,(H,10,11,12,13). The Labute approximate surface area is 89.8 Å². The van der Waals surface area contributed by atoms with Gasteiger partial charge in [-0.05, 0) is 23.9 Å². The van der Waals surface area contributed by atoms with Crippen LogP contribution in [0.25, 0.3) is 10.7 Å². The lowest BCUT2D eigenvalue weighted by Crippen LogP contribution is -2.14. The van der Waals surface area contributed by atoms with E-state index in [1.165, 1.54) is 18.4 Å². The van der Waals surface area contributed by atoms with Gasteiger partial charge in [-0.2, -0.15) is 4.98 Å². The molecule has 0 fully saturated rings. The van der Waals surface area contributed by atoms with Gasteiger partial charge in [0.2, 0.25) is 0 Å². The van der Waals surface area contributed by atoms with Gasteiger partial charge in [-0.3, -0.25) is 4.98 Å². The lowest BCUT2D eigenvalue weighted by atomic mass is 10.3. The van der Waals surface area contributed by atoms with Gasteiger partial charge in [-0.1, -0.05) is 0 Å². The van der Waals surface area contributed by atoms with Crippen LogP contribution in [0.15, 0.2) is 16.2 Å². The highest BCUT2D eigenvalue weighted by atomic mass is 32.1. The maximum atomic E-state index is 11.2. The summed E-state index contributed by atoms with van der Waals surface area (Å²) in [6.45, 7) is 1.96. The molecule has 0 aliphatic carbocycles. The molecule has 2 rings (SSSR count). The average Bonchev–Trinajstić information content (AvgIpc) is 2.63. The van der Waals surface area contributed by atoms with E-state index >= 15 is 0 Å². The Kier molecular flexibility index (Phi) is 2.51. The first-order chi connectivity index (χ1) is 7.20. The van der Waals surface area contributed by atoms with Crippen molar-refractivity contribution in [1.29, 1.82) is 0 Å². The van der Waals surface area contributed by atoms with E-state index in [1.807, 2.05) is 18.4 Å². The zero-order chi connectivity index (χ0) is 10.8. The van der Waals surface area contributed by atoms with Crippen LogP contribution >= 0.6 is 11.3 Å². The van der Waals surface area contributed by atoms with Gasteiger partial charge in [0.15, 0.2) is 5.82 Å². The summed E-state index contributed by atoms with van der Waals surface area (Å²) in [4.78, 5) is 22.3. The van der Waals surface area contributed by atoms with Crippen LogP contribution in [0.2, 0.25) is 0 Å². The molecule has 2 aromatic rings. The molecule has 0 amide bonds. The Hall–Kier alpha value is -1.69. The van der Waals surface area contributed by atoms with E-state index in [2.05, 4.69) is 15.0 Å². The van der Waals surface area contributed by atoms with E-state index in [0.29, 0.717) is 5.82 Å². The molecular formula is C9H9N3O2S. The molecule has 0 aliphatic rings. The Morgan fingerprint density at radius 2 is 2.27 bits per heavy atom. The van der Waals surface area contributed by atoms with Gasteiger partial charge in [0.1, 0.15) is 0 Å². The van der Waals surface area contributed by atoms with E-state index in [1.54, 1.807) is 0 Å². The van der Waals surface area contributed by atoms with Crippen LogP contribution in [-0.4, -0.2) is 22.1 Å². The third-order valence-electron chi connectivity index (χ3n) is 1.89. The topological polar surface area (TPSA) is 67.9 Å². The number of aromatic amines is 1. The number of nitrogens with zero attached hydrogens (tertiary/aromatic N) is 2. The largest absolute Gasteiger partial charge is 0.467 e. The van der Waals surface area contributed by atoms with Crippen LogP contribution in [0.4, 0.5) is 0 Å². The lowest BCUT2D eigenvalue weighted by molar-refractivity contribution is 0.377. The Balaban J connectivity index is 2.58. The lowest BCUT2D eigenvalue weighted by Gasteiger charge is -2.00. The first-order valence-corrected chi connectivity index (χ1v) is 5.15. The number of nitrogens with one attached hydrogen (secondary N) is 1. The van der Waals surface area contributed by atoms with Crippen LogP contribution in [0, 0.1) is 6.92 Å². The smallest absolute Gasteiger partial charge is 0.351 e. The van der Waals surface area contributed by atoms with Gasteiger partial charge in [0, 0.05) is 0 Å². The second-order valence-corrected chi connectivity index (χ2v) is 3.84. The number of ether oxygens (including phenoxy) is 1. The third-order valence-corrected chi connectivity index (χ3v) is 2.91. The van der Waals surface area contributed by atoms with Gasteiger partial charge < -0.3 is 4.74 Å². The molecule has 0 radical (unpaired) electrons. The zero-order valence-electron chi connectivity index (χ0n) is 8.27. The van der Waals surface area contributed by atoms with E-state index in [9.17, 15) is 4.79 Å². The highest BCUT2D eigenvalue weighted by Crippen LogP contribution is 2.25. The number of rotatable bonds is 2. The zero-order valence-corrected chi connectivity index (χ0v) is 9.09. The Bertz CT molecular complexity index is 532. The summed E-state index contributed by atoms with van der Waals surface area (Å²) in [6, 6.07) is 2.05. The second-order valence-electron chi connectivity index (χ2n) is 2.92. The average molecular weight is 223 g/mol. The summed E-state index contributed by atoms with van der Waals surface area (Å²) in [6.07, 6.45) is 0. The summed E-state index contributed by atoms with van der Waals surface area (Å²) in [5.74, 6) is 0.499. The number of hydrogen-bond donors (Lipinski definition) is 1. The minimum absolute atomic E-state index is 0.0848. The predicted octanol–water partition coefficient (Wildman–Crippen LogP) is 1.21. The maximum Gasteiger partial charge on any atom is 0.351 e. The first kappa shape index (κ1) is 9.85. The fourth-order valence-corrected chi connectivity index (χ4v) is 2.05.